The SMILES string of the molecule is CCNS(=O)(=O)C1CCN(C(=NCc2ccc(OC)cc2)NCC(=O)N(C)C)C1. The molecule has 2 rings (SSSR count). The Kier molecular flexibility index (Phi) is 8.27. The van der Waals surface area contributed by atoms with Gasteiger partial charge in [-0.05, 0) is 24.1 Å². The zero-order valence-electron chi connectivity index (χ0n) is 17.5. The van der Waals surface area contributed by atoms with Crippen LogP contribution in [0.25, 0.3) is 0 Å². The second kappa shape index (κ2) is 10.4. The van der Waals surface area contributed by atoms with Gasteiger partial charge in [-0.15, -0.1) is 0 Å². The van der Waals surface area contributed by atoms with Gasteiger partial charge in [0.2, 0.25) is 15.9 Å². The fourth-order valence-electron chi connectivity index (χ4n) is 2.97. The third kappa shape index (κ3) is 6.60. The van der Waals surface area contributed by atoms with Gasteiger partial charge < -0.3 is 19.9 Å². The van der Waals surface area contributed by atoms with Crippen LogP contribution in [0.15, 0.2) is 29.3 Å². The first-order chi connectivity index (χ1) is 13.8. The van der Waals surface area contributed by atoms with E-state index in [1.54, 1.807) is 28.1 Å². The molecule has 1 unspecified atom stereocenters. The number of likely N-dealkylation sites (tertiary alicyclic amines) is 1. The third-order valence-corrected chi connectivity index (χ3v) is 6.65. The fraction of sp³-hybridized carbons (Fsp3) is 0.579. The Bertz CT molecular complexity index is 808. The molecule has 2 N–H and O–H groups in total. The maximum atomic E-state index is 12.3. The fourth-order valence-corrected chi connectivity index (χ4v) is 4.40. The van der Waals surface area contributed by atoms with Gasteiger partial charge in [-0.25, -0.2) is 18.1 Å². The van der Waals surface area contributed by atoms with E-state index in [1.165, 1.54) is 4.90 Å². The van der Waals surface area contributed by atoms with E-state index < -0.39 is 15.3 Å². The molecular formula is C19H31N5O4S. The van der Waals surface area contributed by atoms with Crippen molar-refractivity contribution in [1.82, 2.24) is 19.8 Å². The number of ether oxygens (including phenoxy) is 1. The van der Waals surface area contributed by atoms with E-state index in [2.05, 4.69) is 15.0 Å². The number of hydrogen-bond acceptors (Lipinski definition) is 5. The molecule has 1 aromatic rings. The number of rotatable bonds is 8. The summed E-state index contributed by atoms with van der Waals surface area (Å²) in [5.41, 5.74) is 0.986. The Balaban J connectivity index is 2.12. The van der Waals surface area contributed by atoms with Crippen molar-refractivity contribution in [3.8, 4) is 5.75 Å². The number of amides is 1. The summed E-state index contributed by atoms with van der Waals surface area (Å²) in [7, 11) is 1.63. The summed E-state index contributed by atoms with van der Waals surface area (Å²) in [6.07, 6.45) is 0.514. The molecule has 0 aromatic heterocycles. The monoisotopic (exact) mass is 425 g/mol. The number of methoxy groups -OCH3 is 1. The summed E-state index contributed by atoms with van der Waals surface area (Å²) in [4.78, 5) is 20.0. The van der Waals surface area contributed by atoms with Crippen LogP contribution in [0.2, 0.25) is 0 Å². The molecule has 0 radical (unpaired) electrons. The minimum atomic E-state index is -3.36. The van der Waals surface area contributed by atoms with Crippen molar-refractivity contribution in [2.75, 3.05) is 47.4 Å². The first-order valence-electron chi connectivity index (χ1n) is 9.61. The van der Waals surface area contributed by atoms with E-state index >= 15 is 0 Å². The Morgan fingerprint density at radius 3 is 2.59 bits per heavy atom. The second-order valence-electron chi connectivity index (χ2n) is 7.03. The van der Waals surface area contributed by atoms with Crippen molar-refractivity contribution in [2.45, 2.75) is 25.1 Å². The highest BCUT2D eigenvalue weighted by atomic mass is 32.2. The van der Waals surface area contributed by atoms with E-state index in [4.69, 9.17) is 4.74 Å². The molecule has 10 heteroatoms. The van der Waals surface area contributed by atoms with Crippen LogP contribution in [-0.4, -0.2) is 82.7 Å². The van der Waals surface area contributed by atoms with Crippen LogP contribution < -0.4 is 14.8 Å². The molecular weight excluding hydrogens is 394 g/mol. The molecule has 1 saturated heterocycles. The molecule has 0 aliphatic carbocycles. The van der Waals surface area contributed by atoms with Gasteiger partial charge in [-0.1, -0.05) is 19.1 Å². The molecule has 0 spiro atoms. The Hall–Kier alpha value is -2.33. The molecule has 0 bridgehead atoms. The molecule has 1 heterocycles. The molecule has 9 nitrogen and oxygen atoms in total. The first-order valence-corrected chi connectivity index (χ1v) is 11.2. The zero-order chi connectivity index (χ0) is 21.4. The number of aliphatic imine (C=N–C) groups is 1. The molecule has 1 fully saturated rings. The smallest absolute Gasteiger partial charge is 0.241 e. The number of likely N-dealkylation sites (N-methyl/N-ethyl adjacent to an activating group) is 1. The van der Waals surface area contributed by atoms with Crippen LogP contribution in [0.4, 0.5) is 0 Å². The lowest BCUT2D eigenvalue weighted by Gasteiger charge is -2.23. The van der Waals surface area contributed by atoms with Gasteiger partial charge in [0.25, 0.3) is 0 Å². The second-order valence-corrected chi connectivity index (χ2v) is 9.07. The van der Waals surface area contributed by atoms with Gasteiger partial charge in [0.05, 0.1) is 25.4 Å². The number of benzene rings is 1. The van der Waals surface area contributed by atoms with Gasteiger partial charge >= 0.3 is 0 Å². The maximum absolute atomic E-state index is 12.3. The lowest BCUT2D eigenvalue weighted by molar-refractivity contribution is -0.127. The van der Waals surface area contributed by atoms with E-state index in [0.717, 1.165) is 11.3 Å². The number of guanidine groups is 1. The first kappa shape index (κ1) is 23.0. The van der Waals surface area contributed by atoms with E-state index in [1.807, 2.05) is 29.2 Å². The summed E-state index contributed by atoms with van der Waals surface area (Å²) in [6, 6.07) is 7.57. The van der Waals surface area contributed by atoms with Crippen molar-refractivity contribution in [1.29, 1.82) is 0 Å². The van der Waals surface area contributed by atoms with Gasteiger partial charge in [0, 0.05) is 33.7 Å². The largest absolute Gasteiger partial charge is 0.497 e. The van der Waals surface area contributed by atoms with Crippen LogP contribution in [0.1, 0.15) is 18.9 Å². The average Bonchev–Trinajstić information content (AvgIpc) is 3.19. The molecule has 1 aliphatic heterocycles. The summed E-state index contributed by atoms with van der Waals surface area (Å²) in [6.45, 7) is 3.52. The zero-order valence-corrected chi connectivity index (χ0v) is 18.3. The highest BCUT2D eigenvalue weighted by Gasteiger charge is 2.34. The van der Waals surface area contributed by atoms with E-state index in [9.17, 15) is 13.2 Å². The molecule has 162 valence electrons. The summed E-state index contributed by atoms with van der Waals surface area (Å²) in [5, 5.41) is 2.58. The summed E-state index contributed by atoms with van der Waals surface area (Å²) in [5.74, 6) is 1.21. The van der Waals surface area contributed by atoms with Crippen LogP contribution in [-0.2, 0) is 21.4 Å². The van der Waals surface area contributed by atoms with Crippen LogP contribution in [0.3, 0.4) is 0 Å². The van der Waals surface area contributed by atoms with Gasteiger partial charge in [-0.3, -0.25) is 4.79 Å². The highest BCUT2D eigenvalue weighted by Crippen LogP contribution is 2.17. The number of carbonyl (C=O) groups excluding carboxylic acids is 1. The molecule has 1 amide bonds. The minimum absolute atomic E-state index is 0.0850. The molecule has 29 heavy (non-hydrogen) atoms. The van der Waals surface area contributed by atoms with Gasteiger partial charge in [-0.2, -0.15) is 0 Å². The van der Waals surface area contributed by atoms with Gasteiger partial charge in [0.1, 0.15) is 5.75 Å². The number of sulfonamides is 1. The molecule has 1 atom stereocenters. The average molecular weight is 426 g/mol. The number of hydrogen-bond donors (Lipinski definition) is 2. The maximum Gasteiger partial charge on any atom is 0.241 e. The quantitative estimate of drug-likeness (QED) is 0.457. The van der Waals surface area contributed by atoms with Gasteiger partial charge in [0.15, 0.2) is 5.96 Å². The van der Waals surface area contributed by atoms with Crippen molar-refractivity contribution in [3.63, 3.8) is 0 Å². The van der Waals surface area contributed by atoms with Crippen molar-refractivity contribution >= 4 is 21.9 Å². The predicted octanol–water partition coefficient (Wildman–Crippen LogP) is 0.243. The predicted molar refractivity (Wildman–Crippen MR) is 113 cm³/mol. The third-order valence-electron chi connectivity index (χ3n) is 4.70. The van der Waals surface area contributed by atoms with Crippen LogP contribution in [0, 0.1) is 0 Å². The number of nitrogens with zero attached hydrogens (tertiary/aromatic N) is 3. The summed E-state index contributed by atoms with van der Waals surface area (Å²) < 4.78 is 32.4. The highest BCUT2D eigenvalue weighted by molar-refractivity contribution is 7.90. The van der Waals surface area contributed by atoms with Crippen molar-refractivity contribution in [3.05, 3.63) is 29.8 Å². The topological polar surface area (TPSA) is 103 Å². The standard InChI is InChI=1S/C19H31N5O4S/c1-5-22-29(26,27)17-10-11-24(14-17)19(21-13-18(25)23(2)3)20-12-15-6-8-16(28-4)9-7-15/h6-9,17,22H,5,10-14H2,1-4H3,(H,20,21). The Morgan fingerprint density at radius 2 is 2.00 bits per heavy atom. The lowest BCUT2D eigenvalue weighted by atomic mass is 10.2. The normalized spacial score (nSPS) is 17.3. The van der Waals surface area contributed by atoms with Crippen LogP contribution in [0.5, 0.6) is 5.75 Å². The Morgan fingerprint density at radius 1 is 1.31 bits per heavy atom. The minimum Gasteiger partial charge on any atom is -0.497 e. The molecule has 1 aromatic carbocycles. The van der Waals surface area contributed by atoms with E-state index in [0.29, 0.717) is 38.6 Å². The Labute approximate surface area is 173 Å². The van der Waals surface area contributed by atoms with Crippen molar-refractivity contribution < 1.29 is 17.9 Å². The van der Waals surface area contributed by atoms with E-state index in [-0.39, 0.29) is 12.5 Å². The molecule has 0 saturated carbocycles. The van der Waals surface area contributed by atoms with Crippen molar-refractivity contribution in [2.24, 2.45) is 4.99 Å². The molecule has 1 aliphatic rings. The number of nitrogens with one attached hydrogen (secondary N) is 2. The summed E-state index contributed by atoms with van der Waals surface area (Å²) >= 11 is 0. The number of carbonyl (C=O) groups is 1. The lowest BCUT2D eigenvalue weighted by Crippen LogP contribution is -2.45. The van der Waals surface area contributed by atoms with Crippen LogP contribution >= 0.6 is 0 Å².